The van der Waals surface area contributed by atoms with Gasteiger partial charge in [-0.3, -0.25) is 14.4 Å². The fourth-order valence-corrected chi connectivity index (χ4v) is 4.71. The summed E-state index contributed by atoms with van der Waals surface area (Å²) < 4.78 is 42.2. The number of benzene rings is 1. The number of halogens is 3. The summed E-state index contributed by atoms with van der Waals surface area (Å²) in [6, 6.07) is 7.66. The number of likely N-dealkylation sites (tertiary alicyclic amines) is 2. The molecule has 0 bridgehead atoms. The van der Waals surface area contributed by atoms with Crippen LogP contribution in [0.1, 0.15) is 42.5 Å². The van der Waals surface area contributed by atoms with Gasteiger partial charge in [-0.05, 0) is 37.0 Å². The van der Waals surface area contributed by atoms with E-state index in [1.54, 1.807) is 17.2 Å². The molecule has 1 aromatic heterocycles. The molecular weight excluding hydrogens is 381 g/mol. The summed E-state index contributed by atoms with van der Waals surface area (Å²) in [6.07, 6.45) is 0.153. The van der Waals surface area contributed by atoms with E-state index in [1.165, 1.54) is 12.1 Å². The van der Waals surface area contributed by atoms with Crippen LogP contribution >= 0.6 is 0 Å². The molecule has 2 saturated heterocycles. The van der Waals surface area contributed by atoms with Gasteiger partial charge in [0.1, 0.15) is 0 Å². The predicted octanol–water partition coefficient (Wildman–Crippen LogP) is 3.59. The van der Waals surface area contributed by atoms with Crippen molar-refractivity contribution in [2.45, 2.75) is 57.0 Å². The molecule has 1 amide bonds. The summed E-state index contributed by atoms with van der Waals surface area (Å²) in [5.74, 6) is -0.0446. The van der Waals surface area contributed by atoms with Crippen LogP contribution in [-0.4, -0.2) is 44.1 Å². The Bertz CT molecular complexity index is 879. The van der Waals surface area contributed by atoms with E-state index in [1.807, 2.05) is 17.8 Å². The minimum Gasteiger partial charge on any atom is -0.334 e. The van der Waals surface area contributed by atoms with E-state index in [4.69, 9.17) is 0 Å². The second kappa shape index (κ2) is 7.82. The number of hydrogen-bond acceptors (Lipinski definition) is 3. The van der Waals surface area contributed by atoms with E-state index in [2.05, 4.69) is 10.00 Å². The van der Waals surface area contributed by atoms with Gasteiger partial charge in [0, 0.05) is 51.4 Å². The van der Waals surface area contributed by atoms with E-state index in [-0.39, 0.29) is 30.1 Å². The molecule has 5 nitrogen and oxygen atoms in total. The lowest BCUT2D eigenvalue weighted by atomic mass is 10.0. The second-order valence-corrected chi connectivity index (χ2v) is 7.91. The lowest BCUT2D eigenvalue weighted by molar-refractivity contribution is -0.140. The highest BCUT2D eigenvalue weighted by Gasteiger charge is 2.42. The minimum absolute atomic E-state index is 0.00916. The molecule has 156 valence electrons. The molecule has 2 aliphatic rings. The number of fused-ring (bicyclic) bond motifs is 1. The fourth-order valence-electron chi connectivity index (χ4n) is 4.71. The number of carbonyl (C=O) groups excluding carboxylic acids is 1. The number of aryl methyl sites for hydroxylation is 1. The van der Waals surface area contributed by atoms with Crippen molar-refractivity contribution in [3.63, 3.8) is 0 Å². The Hall–Kier alpha value is -2.35. The highest BCUT2D eigenvalue weighted by Crippen LogP contribution is 2.36. The number of alkyl halides is 3. The topological polar surface area (TPSA) is 41.4 Å². The van der Waals surface area contributed by atoms with Gasteiger partial charge in [-0.25, -0.2) is 0 Å². The van der Waals surface area contributed by atoms with Gasteiger partial charge in [-0.15, -0.1) is 0 Å². The maximum absolute atomic E-state index is 13.4. The van der Waals surface area contributed by atoms with Gasteiger partial charge >= 0.3 is 6.18 Å². The van der Waals surface area contributed by atoms with Crippen molar-refractivity contribution in [3.8, 4) is 0 Å². The molecule has 0 saturated carbocycles. The van der Waals surface area contributed by atoms with Crippen molar-refractivity contribution in [1.82, 2.24) is 19.6 Å². The van der Waals surface area contributed by atoms with Crippen LogP contribution in [0.25, 0.3) is 0 Å². The molecule has 2 aliphatic heterocycles. The average Bonchev–Trinajstić information content (AvgIpc) is 3.22. The van der Waals surface area contributed by atoms with Gasteiger partial charge in [0.15, 0.2) is 0 Å². The smallest absolute Gasteiger partial charge is 0.334 e. The van der Waals surface area contributed by atoms with Crippen molar-refractivity contribution in [2.75, 3.05) is 6.54 Å². The van der Waals surface area contributed by atoms with Crippen LogP contribution in [-0.2, 0) is 31.1 Å². The molecular formula is C21H25F3N4O. The van der Waals surface area contributed by atoms with E-state index < -0.39 is 11.7 Å². The van der Waals surface area contributed by atoms with Crippen molar-refractivity contribution < 1.29 is 18.0 Å². The van der Waals surface area contributed by atoms with Crippen molar-refractivity contribution in [2.24, 2.45) is 7.05 Å². The van der Waals surface area contributed by atoms with Crippen LogP contribution in [0.2, 0.25) is 0 Å². The van der Waals surface area contributed by atoms with Gasteiger partial charge in [-0.1, -0.05) is 18.2 Å². The van der Waals surface area contributed by atoms with Gasteiger partial charge < -0.3 is 4.90 Å². The summed E-state index contributed by atoms with van der Waals surface area (Å²) in [7, 11) is 1.90. The molecule has 2 aromatic rings. The quantitative estimate of drug-likeness (QED) is 0.779. The molecule has 0 N–H and O–H groups in total. The van der Waals surface area contributed by atoms with Gasteiger partial charge in [0.25, 0.3) is 0 Å². The second-order valence-electron chi connectivity index (χ2n) is 7.91. The Labute approximate surface area is 168 Å². The number of rotatable bonds is 4. The number of hydrogen-bond donors (Lipinski definition) is 0. The molecule has 1 aromatic carbocycles. The summed E-state index contributed by atoms with van der Waals surface area (Å²) >= 11 is 0. The normalized spacial score (nSPS) is 23.3. The zero-order valence-corrected chi connectivity index (χ0v) is 16.4. The monoisotopic (exact) mass is 406 g/mol. The Morgan fingerprint density at radius 3 is 2.62 bits per heavy atom. The number of carbonyl (C=O) groups is 1. The number of amides is 1. The molecule has 29 heavy (non-hydrogen) atoms. The molecule has 4 rings (SSSR count). The first kappa shape index (κ1) is 19.9. The van der Waals surface area contributed by atoms with Gasteiger partial charge in [0.05, 0.1) is 11.3 Å². The van der Waals surface area contributed by atoms with Gasteiger partial charge in [-0.2, -0.15) is 18.3 Å². The predicted molar refractivity (Wildman–Crippen MR) is 102 cm³/mol. The average molecular weight is 406 g/mol. The third-order valence-corrected chi connectivity index (χ3v) is 6.19. The van der Waals surface area contributed by atoms with Gasteiger partial charge in [0.2, 0.25) is 5.91 Å². The van der Waals surface area contributed by atoms with Crippen LogP contribution < -0.4 is 0 Å². The molecule has 0 aliphatic carbocycles. The molecule has 3 heterocycles. The number of nitrogens with zero attached hydrogens (tertiary/aromatic N) is 4. The molecule has 0 spiro atoms. The zero-order chi connectivity index (χ0) is 20.6. The summed E-state index contributed by atoms with van der Waals surface area (Å²) in [6.45, 7) is 1.57. The SMILES string of the molecule is Cn1nccc1CN1CC[C@@H]2[C@H]1CCCC(=O)N2Cc1ccccc1C(F)(F)F. The lowest BCUT2D eigenvalue weighted by Crippen LogP contribution is -2.45. The highest BCUT2D eigenvalue weighted by atomic mass is 19.4. The van der Waals surface area contributed by atoms with E-state index >= 15 is 0 Å². The first-order chi connectivity index (χ1) is 13.8. The van der Waals surface area contributed by atoms with E-state index in [9.17, 15) is 18.0 Å². The van der Waals surface area contributed by atoms with E-state index in [0.717, 1.165) is 44.1 Å². The summed E-state index contributed by atoms with van der Waals surface area (Å²) in [5, 5.41) is 4.22. The van der Waals surface area contributed by atoms with Crippen LogP contribution in [0.5, 0.6) is 0 Å². The maximum atomic E-state index is 13.4. The number of aromatic nitrogens is 2. The molecule has 2 fully saturated rings. The van der Waals surface area contributed by atoms with Crippen LogP contribution in [0, 0.1) is 0 Å². The standard InChI is InChI=1S/C21H25F3N4O/c1-26-16(9-11-25-26)14-27-12-10-19-18(27)7-4-8-20(29)28(19)13-15-5-2-3-6-17(15)21(22,23)24/h2-3,5-6,9,11,18-19H,4,7-8,10,12-14H2,1H3/t18-,19-/m1/s1. The highest BCUT2D eigenvalue weighted by molar-refractivity contribution is 5.77. The first-order valence-corrected chi connectivity index (χ1v) is 10.00. The molecule has 2 atom stereocenters. The summed E-state index contributed by atoms with van der Waals surface area (Å²) in [4.78, 5) is 16.9. The maximum Gasteiger partial charge on any atom is 0.416 e. The largest absolute Gasteiger partial charge is 0.416 e. The summed E-state index contributed by atoms with van der Waals surface area (Å²) in [5.41, 5.74) is 0.604. The van der Waals surface area contributed by atoms with Crippen molar-refractivity contribution in [3.05, 3.63) is 53.3 Å². The Kier molecular flexibility index (Phi) is 5.38. The Morgan fingerprint density at radius 2 is 1.90 bits per heavy atom. The van der Waals surface area contributed by atoms with Crippen molar-refractivity contribution in [1.29, 1.82) is 0 Å². The third-order valence-electron chi connectivity index (χ3n) is 6.19. The van der Waals surface area contributed by atoms with Crippen LogP contribution in [0.15, 0.2) is 36.5 Å². The molecule has 8 heteroatoms. The Morgan fingerprint density at radius 1 is 1.10 bits per heavy atom. The van der Waals surface area contributed by atoms with Crippen molar-refractivity contribution >= 4 is 5.91 Å². The third kappa shape index (κ3) is 4.03. The molecule has 0 unspecified atom stereocenters. The minimum atomic E-state index is -4.42. The lowest BCUT2D eigenvalue weighted by Gasteiger charge is -2.34. The fraction of sp³-hybridized carbons (Fsp3) is 0.524. The Balaban J connectivity index is 1.58. The van der Waals surface area contributed by atoms with E-state index in [0.29, 0.717) is 6.42 Å². The van der Waals surface area contributed by atoms with Crippen LogP contribution in [0.3, 0.4) is 0 Å². The zero-order valence-electron chi connectivity index (χ0n) is 16.4. The first-order valence-electron chi connectivity index (χ1n) is 10.00. The van der Waals surface area contributed by atoms with Crippen LogP contribution in [0.4, 0.5) is 13.2 Å². The molecule has 0 radical (unpaired) electrons.